The minimum absolute atomic E-state index is 0.103. The predicted octanol–water partition coefficient (Wildman–Crippen LogP) is 3.26. The Kier molecular flexibility index (Phi) is 7.10. The number of nitrogens with one attached hydrogen (secondary N) is 1. The number of hydrogen-bond donors (Lipinski definition) is 1. The summed E-state index contributed by atoms with van der Waals surface area (Å²) in [7, 11) is -3.52. The van der Waals surface area contributed by atoms with Crippen molar-refractivity contribution < 1.29 is 17.9 Å². The summed E-state index contributed by atoms with van der Waals surface area (Å²) in [6, 6.07) is 10.3. The average Bonchev–Trinajstić information content (AvgIpc) is 3.29. The van der Waals surface area contributed by atoms with Crippen LogP contribution in [-0.4, -0.2) is 51.5 Å². The number of carbonyl (C=O) groups is 1. The minimum atomic E-state index is -3.52. The molecule has 2 aromatic rings. The fourth-order valence-electron chi connectivity index (χ4n) is 3.70. The van der Waals surface area contributed by atoms with E-state index in [1.165, 1.54) is 21.3 Å². The number of thiophene rings is 1. The molecule has 1 amide bonds. The smallest absolute Gasteiger partial charge is 0.251 e. The molecule has 1 aromatic carbocycles. The van der Waals surface area contributed by atoms with Gasteiger partial charge in [0.15, 0.2) is 0 Å². The SMILES string of the molecule is CCN(CC)S(=O)(=O)c1ccc(C(=O)NCC2(c3cccs3)CCOCC2)cc1. The van der Waals surface area contributed by atoms with Crippen molar-refractivity contribution in [2.24, 2.45) is 0 Å². The standard InChI is InChI=1S/C21H28N2O4S2/c1-3-23(4-2)29(25,26)18-9-7-17(8-10-18)20(24)22-16-21(11-13-27-14-12-21)19-6-5-15-28-19/h5-10,15H,3-4,11-14,16H2,1-2H3,(H,22,24). The number of rotatable bonds is 8. The van der Waals surface area contributed by atoms with Gasteiger partial charge in [-0.2, -0.15) is 4.31 Å². The van der Waals surface area contributed by atoms with Crippen LogP contribution < -0.4 is 5.32 Å². The van der Waals surface area contributed by atoms with Gasteiger partial charge in [0.05, 0.1) is 4.90 Å². The number of ether oxygens (including phenoxy) is 1. The van der Waals surface area contributed by atoms with Crippen LogP contribution in [0.15, 0.2) is 46.7 Å². The Morgan fingerprint density at radius 1 is 1.14 bits per heavy atom. The lowest BCUT2D eigenvalue weighted by Crippen LogP contribution is -2.44. The van der Waals surface area contributed by atoms with Gasteiger partial charge < -0.3 is 10.1 Å². The maximum atomic E-state index is 12.7. The molecule has 0 unspecified atom stereocenters. The molecule has 1 aliphatic rings. The molecule has 3 rings (SSSR count). The lowest BCUT2D eigenvalue weighted by atomic mass is 9.78. The van der Waals surface area contributed by atoms with E-state index >= 15 is 0 Å². The zero-order valence-electron chi connectivity index (χ0n) is 16.9. The Labute approximate surface area is 176 Å². The van der Waals surface area contributed by atoms with E-state index < -0.39 is 10.0 Å². The van der Waals surface area contributed by atoms with Crippen LogP contribution >= 0.6 is 11.3 Å². The molecule has 1 aliphatic heterocycles. The quantitative estimate of drug-likeness (QED) is 0.689. The molecule has 0 saturated carbocycles. The Morgan fingerprint density at radius 3 is 2.34 bits per heavy atom. The predicted molar refractivity (Wildman–Crippen MR) is 115 cm³/mol. The molecule has 158 valence electrons. The Hall–Kier alpha value is -1.74. The molecule has 0 radical (unpaired) electrons. The van der Waals surface area contributed by atoms with E-state index in [-0.39, 0.29) is 16.2 Å². The summed E-state index contributed by atoms with van der Waals surface area (Å²) >= 11 is 1.71. The number of carbonyl (C=O) groups excluding carboxylic acids is 1. The summed E-state index contributed by atoms with van der Waals surface area (Å²) < 4.78 is 32.1. The summed E-state index contributed by atoms with van der Waals surface area (Å²) in [5.41, 5.74) is 0.352. The van der Waals surface area contributed by atoms with E-state index in [4.69, 9.17) is 4.74 Å². The first-order valence-electron chi connectivity index (χ1n) is 9.93. The Morgan fingerprint density at radius 2 is 1.79 bits per heavy atom. The third kappa shape index (κ3) is 4.71. The van der Waals surface area contributed by atoms with Gasteiger partial charge in [-0.25, -0.2) is 8.42 Å². The second-order valence-corrected chi connectivity index (χ2v) is 10.1. The van der Waals surface area contributed by atoms with Gasteiger partial charge in [0.2, 0.25) is 10.0 Å². The molecule has 29 heavy (non-hydrogen) atoms. The zero-order chi connectivity index (χ0) is 20.9. The first-order valence-corrected chi connectivity index (χ1v) is 12.2. The van der Waals surface area contributed by atoms with Gasteiger partial charge in [-0.15, -0.1) is 11.3 Å². The maximum absolute atomic E-state index is 12.7. The molecule has 0 bridgehead atoms. The number of sulfonamides is 1. The largest absolute Gasteiger partial charge is 0.381 e. The van der Waals surface area contributed by atoms with Crippen LogP contribution in [0.25, 0.3) is 0 Å². The number of hydrogen-bond acceptors (Lipinski definition) is 5. The van der Waals surface area contributed by atoms with Crippen LogP contribution in [0, 0.1) is 0 Å². The van der Waals surface area contributed by atoms with E-state index in [9.17, 15) is 13.2 Å². The van der Waals surface area contributed by atoms with Crippen molar-refractivity contribution in [3.05, 3.63) is 52.2 Å². The molecule has 1 aromatic heterocycles. The molecule has 1 N–H and O–H groups in total. The fourth-order valence-corrected chi connectivity index (χ4v) is 6.14. The van der Waals surface area contributed by atoms with E-state index in [0.29, 0.717) is 38.4 Å². The van der Waals surface area contributed by atoms with Crippen LogP contribution in [0.2, 0.25) is 0 Å². The van der Waals surface area contributed by atoms with Crippen LogP contribution in [0.4, 0.5) is 0 Å². The average molecular weight is 437 g/mol. The first-order chi connectivity index (χ1) is 13.9. The monoisotopic (exact) mass is 436 g/mol. The van der Waals surface area contributed by atoms with Crippen molar-refractivity contribution in [1.82, 2.24) is 9.62 Å². The van der Waals surface area contributed by atoms with Crippen molar-refractivity contribution in [2.45, 2.75) is 37.0 Å². The molecule has 0 spiro atoms. The molecule has 1 saturated heterocycles. The summed E-state index contributed by atoms with van der Waals surface area (Å²) in [6.07, 6.45) is 1.74. The third-order valence-corrected chi connectivity index (χ3v) is 8.72. The highest BCUT2D eigenvalue weighted by molar-refractivity contribution is 7.89. The molecule has 0 atom stereocenters. The van der Waals surface area contributed by atoms with Gasteiger partial charge >= 0.3 is 0 Å². The highest BCUT2D eigenvalue weighted by atomic mass is 32.2. The van der Waals surface area contributed by atoms with Crippen molar-refractivity contribution in [1.29, 1.82) is 0 Å². The van der Waals surface area contributed by atoms with Gasteiger partial charge in [-0.1, -0.05) is 19.9 Å². The van der Waals surface area contributed by atoms with E-state index in [0.717, 1.165) is 12.8 Å². The summed E-state index contributed by atoms with van der Waals surface area (Å²) in [4.78, 5) is 14.2. The van der Waals surface area contributed by atoms with Gasteiger partial charge in [0, 0.05) is 48.7 Å². The lowest BCUT2D eigenvalue weighted by molar-refractivity contribution is 0.0499. The summed E-state index contributed by atoms with van der Waals surface area (Å²) in [5.74, 6) is -0.195. The molecule has 1 fully saturated rings. The third-order valence-electron chi connectivity index (χ3n) is 5.54. The normalized spacial score (nSPS) is 16.7. The molecule has 6 nitrogen and oxygen atoms in total. The van der Waals surface area contributed by atoms with Crippen LogP contribution in [0.5, 0.6) is 0 Å². The number of benzene rings is 1. The molecule has 8 heteroatoms. The minimum Gasteiger partial charge on any atom is -0.381 e. The molecular weight excluding hydrogens is 408 g/mol. The van der Waals surface area contributed by atoms with Crippen molar-refractivity contribution >= 4 is 27.3 Å². The molecule has 2 heterocycles. The fraction of sp³-hybridized carbons (Fsp3) is 0.476. The zero-order valence-corrected chi connectivity index (χ0v) is 18.5. The van der Waals surface area contributed by atoms with E-state index in [1.807, 2.05) is 19.9 Å². The van der Waals surface area contributed by atoms with Crippen molar-refractivity contribution in [3.8, 4) is 0 Å². The molecular formula is C21H28N2O4S2. The summed E-state index contributed by atoms with van der Waals surface area (Å²) in [6.45, 7) is 6.35. The van der Waals surface area contributed by atoms with Crippen molar-refractivity contribution in [2.75, 3.05) is 32.8 Å². The van der Waals surface area contributed by atoms with Crippen molar-refractivity contribution in [3.63, 3.8) is 0 Å². The second-order valence-electron chi connectivity index (χ2n) is 7.17. The lowest BCUT2D eigenvalue weighted by Gasteiger charge is -2.36. The summed E-state index contributed by atoms with van der Waals surface area (Å²) in [5, 5.41) is 5.11. The highest BCUT2D eigenvalue weighted by Gasteiger charge is 2.35. The highest BCUT2D eigenvalue weighted by Crippen LogP contribution is 2.37. The van der Waals surface area contributed by atoms with E-state index in [2.05, 4.69) is 16.8 Å². The first kappa shape index (κ1) is 22.0. The van der Waals surface area contributed by atoms with Crippen LogP contribution in [0.3, 0.4) is 0 Å². The van der Waals surface area contributed by atoms with Crippen LogP contribution in [0.1, 0.15) is 41.9 Å². The number of nitrogens with zero attached hydrogens (tertiary/aromatic N) is 1. The Balaban J connectivity index is 1.71. The Bertz CT molecular complexity index is 899. The number of amides is 1. The molecule has 0 aliphatic carbocycles. The maximum Gasteiger partial charge on any atom is 0.251 e. The van der Waals surface area contributed by atoms with Gasteiger partial charge in [-0.3, -0.25) is 4.79 Å². The van der Waals surface area contributed by atoms with Crippen LogP contribution in [-0.2, 0) is 20.2 Å². The van der Waals surface area contributed by atoms with Gasteiger partial charge in [-0.05, 0) is 48.6 Å². The van der Waals surface area contributed by atoms with Gasteiger partial charge in [0.25, 0.3) is 5.91 Å². The topological polar surface area (TPSA) is 75.7 Å². The van der Waals surface area contributed by atoms with Gasteiger partial charge in [0.1, 0.15) is 0 Å². The second kappa shape index (κ2) is 9.38. The van der Waals surface area contributed by atoms with E-state index in [1.54, 1.807) is 23.5 Å².